The van der Waals surface area contributed by atoms with Gasteiger partial charge in [0.05, 0.1) is 12.8 Å². The fourth-order valence-electron chi connectivity index (χ4n) is 4.50. The molecule has 0 bridgehead atoms. The first kappa shape index (κ1) is 18.1. The van der Waals surface area contributed by atoms with Gasteiger partial charge in [-0.3, -0.25) is 4.90 Å². The zero-order valence-electron chi connectivity index (χ0n) is 15.8. The molecule has 0 aliphatic carbocycles. The van der Waals surface area contributed by atoms with Crippen LogP contribution in [0.15, 0.2) is 36.7 Å². The van der Waals surface area contributed by atoms with E-state index in [1.165, 1.54) is 0 Å². The van der Waals surface area contributed by atoms with Gasteiger partial charge in [-0.05, 0) is 43.5 Å². The number of aliphatic hydroxyl groups excluding tert-OH is 1. The van der Waals surface area contributed by atoms with Gasteiger partial charge in [-0.15, -0.1) is 0 Å². The van der Waals surface area contributed by atoms with Gasteiger partial charge in [0.25, 0.3) is 0 Å². The van der Waals surface area contributed by atoms with Gasteiger partial charge in [0.2, 0.25) is 11.8 Å². The van der Waals surface area contributed by atoms with Crippen molar-refractivity contribution in [3.05, 3.63) is 42.4 Å². The number of piperidine rings is 1. The molecule has 7 heteroatoms. The lowest BCUT2D eigenvalue weighted by atomic mass is 9.71. The smallest absolute Gasteiger partial charge is 0.225 e. The standard InChI is InChI=1S/C20H27N5O2/c1-27-18-5-2-4-17(23-18)13-24-10-6-20(7-11-24)15-25(12-16(20)14-26)19-21-8-3-9-22-19/h2-5,8-9,16,26H,6-7,10-15H2,1H3. The molecule has 4 heterocycles. The van der Waals surface area contributed by atoms with Crippen molar-refractivity contribution in [2.24, 2.45) is 11.3 Å². The SMILES string of the molecule is COc1cccc(CN2CCC3(CC2)CN(c2ncccn2)CC3CO)n1. The summed E-state index contributed by atoms with van der Waals surface area (Å²) in [5.74, 6) is 1.71. The van der Waals surface area contributed by atoms with E-state index >= 15 is 0 Å². The molecule has 1 unspecified atom stereocenters. The lowest BCUT2D eigenvalue weighted by Crippen LogP contribution is -2.44. The van der Waals surface area contributed by atoms with Crippen LogP contribution in [0, 0.1) is 11.3 Å². The van der Waals surface area contributed by atoms with Crippen LogP contribution in [-0.4, -0.2) is 64.9 Å². The van der Waals surface area contributed by atoms with Crippen molar-refractivity contribution >= 4 is 5.95 Å². The average molecular weight is 369 g/mol. The second-order valence-electron chi connectivity index (χ2n) is 7.62. The maximum absolute atomic E-state index is 10.0. The molecule has 1 atom stereocenters. The van der Waals surface area contributed by atoms with Crippen molar-refractivity contribution in [1.82, 2.24) is 19.9 Å². The number of hydrogen-bond acceptors (Lipinski definition) is 7. The van der Waals surface area contributed by atoms with E-state index in [1.807, 2.05) is 24.3 Å². The van der Waals surface area contributed by atoms with Crippen LogP contribution in [0.1, 0.15) is 18.5 Å². The Kier molecular flexibility index (Phi) is 5.22. The van der Waals surface area contributed by atoms with Gasteiger partial charge < -0.3 is 14.7 Å². The number of aliphatic hydroxyl groups is 1. The molecule has 7 nitrogen and oxygen atoms in total. The van der Waals surface area contributed by atoms with Gasteiger partial charge in [0.1, 0.15) is 0 Å². The van der Waals surface area contributed by atoms with Crippen LogP contribution >= 0.6 is 0 Å². The fraction of sp³-hybridized carbons (Fsp3) is 0.550. The zero-order chi connectivity index (χ0) is 18.7. The van der Waals surface area contributed by atoms with Crippen LogP contribution in [-0.2, 0) is 6.54 Å². The number of pyridine rings is 1. The number of aromatic nitrogens is 3. The van der Waals surface area contributed by atoms with Gasteiger partial charge >= 0.3 is 0 Å². The largest absolute Gasteiger partial charge is 0.481 e. The molecule has 2 aromatic heterocycles. The molecule has 1 N–H and O–H groups in total. The summed E-state index contributed by atoms with van der Waals surface area (Å²) in [7, 11) is 1.65. The van der Waals surface area contributed by atoms with Gasteiger partial charge in [0.15, 0.2) is 0 Å². The summed E-state index contributed by atoms with van der Waals surface area (Å²) in [5, 5.41) is 10.0. The second-order valence-corrected chi connectivity index (χ2v) is 7.62. The Hall–Kier alpha value is -2.25. The minimum atomic E-state index is 0.145. The molecule has 2 aliphatic heterocycles. The molecule has 144 valence electrons. The number of hydrogen-bond donors (Lipinski definition) is 1. The maximum atomic E-state index is 10.0. The highest BCUT2D eigenvalue weighted by molar-refractivity contribution is 5.33. The van der Waals surface area contributed by atoms with Gasteiger partial charge in [0, 0.05) is 50.6 Å². The highest BCUT2D eigenvalue weighted by atomic mass is 16.5. The van der Waals surface area contributed by atoms with E-state index in [-0.39, 0.29) is 17.9 Å². The molecule has 1 spiro atoms. The lowest BCUT2D eigenvalue weighted by molar-refractivity contribution is 0.0501. The number of methoxy groups -OCH3 is 1. The third-order valence-corrected chi connectivity index (χ3v) is 6.10. The molecule has 27 heavy (non-hydrogen) atoms. The van der Waals surface area contributed by atoms with Crippen molar-refractivity contribution in [1.29, 1.82) is 0 Å². The Bertz CT molecular complexity index is 749. The summed E-state index contributed by atoms with van der Waals surface area (Å²) in [6.07, 6.45) is 5.72. The highest BCUT2D eigenvalue weighted by Crippen LogP contribution is 2.45. The molecule has 0 radical (unpaired) electrons. The molecule has 2 aromatic rings. The van der Waals surface area contributed by atoms with Crippen molar-refractivity contribution in [3.63, 3.8) is 0 Å². The summed E-state index contributed by atoms with van der Waals surface area (Å²) in [4.78, 5) is 18.0. The van der Waals surface area contributed by atoms with Crippen molar-refractivity contribution in [2.45, 2.75) is 19.4 Å². The molecule has 0 amide bonds. The summed E-state index contributed by atoms with van der Waals surface area (Å²) >= 11 is 0. The Morgan fingerprint density at radius 3 is 2.67 bits per heavy atom. The number of nitrogens with zero attached hydrogens (tertiary/aromatic N) is 5. The summed E-state index contributed by atoms with van der Waals surface area (Å²) in [6.45, 7) is 4.84. The molecule has 2 aliphatic rings. The predicted octanol–water partition coefficient (Wildman–Crippen LogP) is 1.59. The Balaban J connectivity index is 1.41. The van der Waals surface area contributed by atoms with E-state index < -0.39 is 0 Å². The Labute approximate surface area is 160 Å². The minimum absolute atomic E-state index is 0.145. The van der Waals surface area contributed by atoms with Crippen molar-refractivity contribution in [2.75, 3.05) is 44.8 Å². The topological polar surface area (TPSA) is 74.6 Å². The third kappa shape index (κ3) is 3.75. The first-order valence-electron chi connectivity index (χ1n) is 9.57. The van der Waals surface area contributed by atoms with E-state index in [0.29, 0.717) is 5.88 Å². The van der Waals surface area contributed by atoms with Gasteiger partial charge in [-0.2, -0.15) is 0 Å². The molecule has 0 saturated carbocycles. The van der Waals surface area contributed by atoms with Crippen LogP contribution in [0.2, 0.25) is 0 Å². The minimum Gasteiger partial charge on any atom is -0.481 e. The summed E-state index contributed by atoms with van der Waals surface area (Å²) < 4.78 is 5.23. The van der Waals surface area contributed by atoms with E-state index in [0.717, 1.165) is 57.2 Å². The first-order valence-corrected chi connectivity index (χ1v) is 9.57. The van der Waals surface area contributed by atoms with Crippen LogP contribution in [0.25, 0.3) is 0 Å². The highest BCUT2D eigenvalue weighted by Gasteiger charge is 2.48. The quantitative estimate of drug-likeness (QED) is 0.858. The van der Waals surface area contributed by atoms with Crippen LogP contribution in [0.4, 0.5) is 5.95 Å². The van der Waals surface area contributed by atoms with Crippen LogP contribution in [0.5, 0.6) is 5.88 Å². The molecule has 4 rings (SSSR count). The van der Waals surface area contributed by atoms with Gasteiger partial charge in [-0.1, -0.05) is 6.07 Å². The van der Waals surface area contributed by atoms with Crippen LogP contribution in [0.3, 0.4) is 0 Å². The molecular weight excluding hydrogens is 342 g/mol. The maximum Gasteiger partial charge on any atom is 0.225 e. The third-order valence-electron chi connectivity index (χ3n) is 6.10. The Morgan fingerprint density at radius 2 is 1.96 bits per heavy atom. The Morgan fingerprint density at radius 1 is 1.19 bits per heavy atom. The number of anilines is 1. The second kappa shape index (κ2) is 7.78. The first-order chi connectivity index (χ1) is 13.2. The summed E-state index contributed by atoms with van der Waals surface area (Å²) in [6, 6.07) is 7.75. The van der Waals surface area contributed by atoms with Crippen molar-refractivity contribution < 1.29 is 9.84 Å². The zero-order valence-corrected chi connectivity index (χ0v) is 15.8. The fourth-order valence-corrected chi connectivity index (χ4v) is 4.50. The van der Waals surface area contributed by atoms with Crippen molar-refractivity contribution in [3.8, 4) is 5.88 Å². The number of ether oxygens (including phenoxy) is 1. The summed E-state index contributed by atoms with van der Waals surface area (Å²) in [5.41, 5.74) is 1.18. The molecule has 2 fully saturated rings. The monoisotopic (exact) mass is 369 g/mol. The van der Waals surface area contributed by atoms with E-state index in [9.17, 15) is 5.11 Å². The number of likely N-dealkylation sites (tertiary alicyclic amines) is 1. The van der Waals surface area contributed by atoms with E-state index in [1.54, 1.807) is 19.5 Å². The predicted molar refractivity (Wildman–Crippen MR) is 103 cm³/mol. The molecule has 2 saturated heterocycles. The average Bonchev–Trinajstić information content (AvgIpc) is 3.09. The normalized spacial score (nSPS) is 22.3. The number of rotatable bonds is 5. The van der Waals surface area contributed by atoms with Gasteiger partial charge in [-0.25, -0.2) is 15.0 Å². The molecule has 0 aromatic carbocycles. The van der Waals surface area contributed by atoms with E-state index in [4.69, 9.17) is 4.74 Å². The molecular formula is C20H27N5O2. The lowest BCUT2D eigenvalue weighted by Gasteiger charge is -2.42. The van der Waals surface area contributed by atoms with E-state index in [2.05, 4.69) is 24.8 Å². The van der Waals surface area contributed by atoms with Crippen LogP contribution < -0.4 is 9.64 Å².